The van der Waals surface area contributed by atoms with Crippen molar-refractivity contribution in [1.82, 2.24) is 30.0 Å². The Morgan fingerprint density at radius 2 is 1.63 bits per heavy atom. The number of benzene rings is 2. The van der Waals surface area contributed by atoms with Crippen molar-refractivity contribution in [1.29, 1.82) is 0 Å². The Hall–Kier alpha value is -4.58. The lowest BCUT2D eigenvalue weighted by Crippen LogP contribution is -1.87. The largest absolute Gasteiger partial charge is 0.324 e. The number of aromatic nitrogens is 6. The number of rotatable bonds is 4. The SMILES string of the molecule is [C-]#[N+]c1c(/N=N/c2c(-c3ccccc3)nn3nc(C)[nH]c23)n[nH]c1-c1ccccc1. The van der Waals surface area contributed by atoms with E-state index in [1.807, 2.05) is 67.6 Å². The van der Waals surface area contributed by atoms with Gasteiger partial charge in [0.05, 0.1) is 12.3 Å². The highest BCUT2D eigenvalue weighted by atomic mass is 15.5. The molecule has 0 aliphatic rings. The second-order valence-corrected chi connectivity index (χ2v) is 6.56. The Morgan fingerprint density at radius 1 is 0.933 bits per heavy atom. The number of H-pyrrole nitrogens is 2. The molecule has 5 rings (SSSR count). The molecule has 3 heterocycles. The van der Waals surface area contributed by atoms with Crippen molar-refractivity contribution in [3.8, 4) is 22.5 Å². The molecular weight excluding hydrogens is 378 g/mol. The summed E-state index contributed by atoms with van der Waals surface area (Å²) in [6.45, 7) is 9.43. The molecule has 0 saturated carbocycles. The first-order valence-corrected chi connectivity index (χ1v) is 9.18. The Labute approximate surface area is 170 Å². The molecule has 3 aromatic heterocycles. The quantitative estimate of drug-likeness (QED) is 0.316. The molecule has 0 radical (unpaired) electrons. The minimum Gasteiger partial charge on any atom is -0.324 e. The van der Waals surface area contributed by atoms with Gasteiger partial charge in [-0.25, -0.2) is 4.85 Å². The molecule has 0 fully saturated rings. The van der Waals surface area contributed by atoms with Gasteiger partial charge >= 0.3 is 0 Å². The Bertz CT molecular complexity index is 1400. The van der Waals surface area contributed by atoms with Crippen LogP contribution in [0.4, 0.5) is 17.2 Å². The van der Waals surface area contributed by atoms with E-state index >= 15 is 0 Å². The van der Waals surface area contributed by atoms with Crippen molar-refractivity contribution in [3.05, 3.63) is 77.9 Å². The van der Waals surface area contributed by atoms with Gasteiger partial charge in [-0.15, -0.1) is 25.1 Å². The molecular formula is C21H15N9. The van der Waals surface area contributed by atoms with Gasteiger partial charge in [0.15, 0.2) is 11.3 Å². The molecule has 2 N–H and O–H groups in total. The lowest BCUT2D eigenvalue weighted by Gasteiger charge is -1.97. The van der Waals surface area contributed by atoms with Crippen molar-refractivity contribution in [2.45, 2.75) is 6.92 Å². The molecule has 144 valence electrons. The van der Waals surface area contributed by atoms with Crippen LogP contribution in [0.1, 0.15) is 5.82 Å². The average Bonchev–Trinajstić information content (AvgIpc) is 3.45. The summed E-state index contributed by atoms with van der Waals surface area (Å²) in [7, 11) is 0. The molecule has 2 aromatic carbocycles. The van der Waals surface area contributed by atoms with Crippen LogP contribution in [0, 0.1) is 13.5 Å². The highest BCUT2D eigenvalue weighted by molar-refractivity contribution is 5.84. The fourth-order valence-electron chi connectivity index (χ4n) is 3.21. The number of nitrogens with one attached hydrogen (secondary N) is 2. The first-order chi connectivity index (χ1) is 14.7. The second-order valence-electron chi connectivity index (χ2n) is 6.56. The summed E-state index contributed by atoms with van der Waals surface area (Å²) in [5, 5.41) is 24.7. The van der Waals surface area contributed by atoms with E-state index in [1.54, 1.807) is 0 Å². The summed E-state index contributed by atoms with van der Waals surface area (Å²) in [6, 6.07) is 19.2. The third kappa shape index (κ3) is 2.93. The summed E-state index contributed by atoms with van der Waals surface area (Å²) in [5.41, 5.74) is 4.47. The number of azo groups is 1. The van der Waals surface area contributed by atoms with Crippen molar-refractivity contribution >= 4 is 22.8 Å². The highest BCUT2D eigenvalue weighted by Crippen LogP contribution is 2.39. The first kappa shape index (κ1) is 17.5. The molecule has 5 aromatic rings. The van der Waals surface area contributed by atoms with Gasteiger partial charge in [0.2, 0.25) is 5.82 Å². The molecule has 0 saturated heterocycles. The fourth-order valence-corrected chi connectivity index (χ4v) is 3.21. The molecule has 0 bridgehead atoms. The predicted octanol–water partition coefficient (Wildman–Crippen LogP) is 5.39. The number of hydrogen-bond acceptors (Lipinski definition) is 5. The Balaban J connectivity index is 1.61. The fraction of sp³-hybridized carbons (Fsp3) is 0.0476. The number of nitrogens with zero attached hydrogens (tertiary/aromatic N) is 7. The van der Waals surface area contributed by atoms with Crippen LogP contribution < -0.4 is 0 Å². The van der Waals surface area contributed by atoms with E-state index in [1.165, 1.54) is 4.63 Å². The van der Waals surface area contributed by atoms with Gasteiger partial charge < -0.3 is 4.98 Å². The van der Waals surface area contributed by atoms with Crippen LogP contribution in [-0.2, 0) is 0 Å². The van der Waals surface area contributed by atoms with Gasteiger partial charge in [0.1, 0.15) is 11.5 Å². The molecule has 9 heteroatoms. The van der Waals surface area contributed by atoms with E-state index in [0.29, 0.717) is 34.2 Å². The summed E-state index contributed by atoms with van der Waals surface area (Å²) in [6.07, 6.45) is 0. The van der Waals surface area contributed by atoms with Gasteiger partial charge in [0.25, 0.3) is 5.69 Å². The lowest BCUT2D eigenvalue weighted by molar-refractivity contribution is 0.809. The van der Waals surface area contributed by atoms with E-state index in [-0.39, 0.29) is 5.82 Å². The van der Waals surface area contributed by atoms with Crippen molar-refractivity contribution < 1.29 is 0 Å². The maximum absolute atomic E-state index is 7.59. The summed E-state index contributed by atoms with van der Waals surface area (Å²) in [5.74, 6) is 0.931. The third-order valence-corrected chi connectivity index (χ3v) is 4.58. The molecule has 0 unspecified atom stereocenters. The minimum absolute atomic E-state index is 0.221. The molecule has 0 aliphatic heterocycles. The van der Waals surface area contributed by atoms with Crippen LogP contribution in [0.5, 0.6) is 0 Å². The standard InChI is InChI=1S/C21H15N9/c1-13-23-21-19(17(29-30(21)28-13)15-11-7-4-8-12-15)25-27-20-18(22-2)16(24-26-20)14-9-5-3-6-10-14/h3-12H,1H3,(H,23,28)(H,24,26)/b27-25+. The van der Waals surface area contributed by atoms with E-state index in [2.05, 4.69) is 40.5 Å². The molecule has 0 atom stereocenters. The predicted molar refractivity (Wildman–Crippen MR) is 112 cm³/mol. The highest BCUT2D eigenvalue weighted by Gasteiger charge is 2.19. The maximum atomic E-state index is 7.59. The van der Waals surface area contributed by atoms with Crippen LogP contribution in [0.2, 0.25) is 0 Å². The summed E-state index contributed by atoms with van der Waals surface area (Å²) < 4.78 is 1.50. The van der Waals surface area contributed by atoms with Crippen LogP contribution in [0.15, 0.2) is 70.9 Å². The van der Waals surface area contributed by atoms with Gasteiger partial charge in [-0.3, -0.25) is 5.10 Å². The van der Waals surface area contributed by atoms with E-state index in [9.17, 15) is 0 Å². The molecule has 9 nitrogen and oxygen atoms in total. The molecule has 0 amide bonds. The van der Waals surface area contributed by atoms with Crippen molar-refractivity contribution in [3.63, 3.8) is 0 Å². The van der Waals surface area contributed by atoms with Crippen LogP contribution in [0.3, 0.4) is 0 Å². The first-order valence-electron chi connectivity index (χ1n) is 9.18. The summed E-state index contributed by atoms with van der Waals surface area (Å²) >= 11 is 0. The van der Waals surface area contributed by atoms with Crippen molar-refractivity contribution in [2.75, 3.05) is 0 Å². The normalized spacial score (nSPS) is 11.3. The van der Waals surface area contributed by atoms with Crippen LogP contribution in [-0.4, -0.2) is 30.0 Å². The van der Waals surface area contributed by atoms with Crippen LogP contribution in [0.25, 0.3) is 33.0 Å². The van der Waals surface area contributed by atoms with Gasteiger partial charge in [-0.1, -0.05) is 60.7 Å². The zero-order valence-corrected chi connectivity index (χ0v) is 15.9. The second kappa shape index (κ2) is 7.10. The smallest absolute Gasteiger partial charge is 0.259 e. The Morgan fingerprint density at radius 3 is 2.33 bits per heavy atom. The maximum Gasteiger partial charge on any atom is 0.259 e. The topological polar surface area (TPSA) is 104 Å². The number of hydrogen-bond donors (Lipinski definition) is 2. The zero-order valence-electron chi connectivity index (χ0n) is 15.9. The average molecular weight is 393 g/mol. The number of fused-ring (bicyclic) bond motifs is 1. The van der Waals surface area contributed by atoms with Crippen LogP contribution >= 0.6 is 0 Å². The third-order valence-electron chi connectivity index (χ3n) is 4.58. The number of aryl methyl sites for hydroxylation is 1. The van der Waals surface area contributed by atoms with E-state index in [4.69, 9.17) is 6.57 Å². The monoisotopic (exact) mass is 393 g/mol. The Kier molecular flexibility index (Phi) is 4.15. The van der Waals surface area contributed by atoms with Crippen molar-refractivity contribution in [2.24, 2.45) is 10.2 Å². The summed E-state index contributed by atoms with van der Waals surface area (Å²) in [4.78, 5) is 6.78. The molecule has 30 heavy (non-hydrogen) atoms. The minimum atomic E-state index is 0.221. The van der Waals surface area contributed by atoms with Gasteiger partial charge in [0, 0.05) is 5.56 Å². The van der Waals surface area contributed by atoms with E-state index < -0.39 is 0 Å². The molecule has 0 aliphatic carbocycles. The van der Waals surface area contributed by atoms with E-state index in [0.717, 1.165) is 11.1 Å². The number of aromatic amines is 2. The lowest BCUT2D eigenvalue weighted by atomic mass is 10.1. The molecule has 0 spiro atoms. The van der Waals surface area contributed by atoms with Gasteiger partial charge in [-0.2, -0.15) is 5.10 Å². The zero-order chi connectivity index (χ0) is 20.5. The van der Waals surface area contributed by atoms with Gasteiger partial charge in [-0.05, 0) is 12.5 Å².